The topological polar surface area (TPSA) is 66.6 Å². The van der Waals surface area contributed by atoms with Gasteiger partial charge >= 0.3 is 5.97 Å². The van der Waals surface area contributed by atoms with Gasteiger partial charge in [-0.2, -0.15) is 0 Å². The Morgan fingerprint density at radius 2 is 2.16 bits per heavy atom. The van der Waals surface area contributed by atoms with Gasteiger partial charge in [-0.1, -0.05) is 11.6 Å². The predicted molar refractivity (Wildman–Crippen MR) is 96.6 cm³/mol. The molecule has 2 aromatic rings. The third-order valence-electron chi connectivity index (χ3n) is 4.68. The van der Waals surface area contributed by atoms with E-state index in [1.165, 1.54) is 0 Å². The second-order valence-electron chi connectivity index (χ2n) is 6.70. The van der Waals surface area contributed by atoms with Gasteiger partial charge in [-0.05, 0) is 62.9 Å². The Bertz CT molecular complexity index is 727. The summed E-state index contributed by atoms with van der Waals surface area (Å²) >= 11 is 5.94. The van der Waals surface area contributed by atoms with Crippen LogP contribution in [0.15, 0.2) is 28.7 Å². The molecule has 134 valence electrons. The van der Waals surface area contributed by atoms with E-state index in [1.807, 2.05) is 31.2 Å². The Hall–Kier alpha value is -1.85. The number of piperidine rings is 1. The molecule has 5 nitrogen and oxygen atoms in total. The molecular weight excluding hydrogens is 340 g/mol. The second kappa shape index (κ2) is 8.02. The van der Waals surface area contributed by atoms with E-state index in [2.05, 4.69) is 9.88 Å². The van der Waals surface area contributed by atoms with Gasteiger partial charge in [-0.15, -0.1) is 0 Å². The molecule has 0 bridgehead atoms. The largest absolute Gasteiger partial charge is 0.481 e. The molecule has 6 heteroatoms. The van der Waals surface area contributed by atoms with Crippen LogP contribution in [0.5, 0.6) is 0 Å². The molecule has 1 aromatic heterocycles. The number of rotatable bonds is 6. The molecule has 25 heavy (non-hydrogen) atoms. The van der Waals surface area contributed by atoms with Crippen molar-refractivity contribution in [1.29, 1.82) is 0 Å². The van der Waals surface area contributed by atoms with Crippen LogP contribution in [0.4, 0.5) is 0 Å². The van der Waals surface area contributed by atoms with Crippen LogP contribution in [0.25, 0.3) is 11.3 Å². The summed E-state index contributed by atoms with van der Waals surface area (Å²) < 4.78 is 5.99. The fourth-order valence-electron chi connectivity index (χ4n) is 3.44. The number of hydrogen-bond acceptors (Lipinski definition) is 4. The number of likely N-dealkylation sites (tertiary alicyclic amines) is 1. The van der Waals surface area contributed by atoms with E-state index in [4.69, 9.17) is 21.1 Å². The van der Waals surface area contributed by atoms with Crippen molar-refractivity contribution in [2.75, 3.05) is 13.1 Å². The summed E-state index contributed by atoms with van der Waals surface area (Å²) in [5.41, 5.74) is 1.84. The maximum atomic E-state index is 10.8. The average Bonchev–Trinajstić information content (AvgIpc) is 2.94. The molecule has 1 unspecified atom stereocenters. The Morgan fingerprint density at radius 1 is 1.40 bits per heavy atom. The van der Waals surface area contributed by atoms with Crippen molar-refractivity contribution in [3.63, 3.8) is 0 Å². The number of carbonyl (C=O) groups is 1. The number of aliphatic carboxylic acids is 1. The Labute approximate surface area is 152 Å². The van der Waals surface area contributed by atoms with Gasteiger partial charge in [-0.3, -0.25) is 9.69 Å². The third kappa shape index (κ3) is 4.83. The molecule has 0 aliphatic carbocycles. The van der Waals surface area contributed by atoms with Gasteiger partial charge in [0.2, 0.25) is 5.89 Å². The summed E-state index contributed by atoms with van der Waals surface area (Å²) in [4.78, 5) is 17.6. The number of benzene rings is 1. The smallest absolute Gasteiger partial charge is 0.303 e. The lowest BCUT2D eigenvalue weighted by Gasteiger charge is -2.31. The van der Waals surface area contributed by atoms with E-state index in [0.29, 0.717) is 23.4 Å². The monoisotopic (exact) mass is 362 g/mol. The van der Waals surface area contributed by atoms with Gasteiger partial charge in [-0.25, -0.2) is 4.98 Å². The Morgan fingerprint density at radius 3 is 2.88 bits per heavy atom. The third-order valence-corrected chi connectivity index (χ3v) is 4.93. The summed E-state index contributed by atoms with van der Waals surface area (Å²) in [5.74, 6) is 1.22. The molecule has 1 atom stereocenters. The molecule has 1 aliphatic rings. The van der Waals surface area contributed by atoms with Gasteiger partial charge in [0.05, 0.1) is 12.2 Å². The van der Waals surface area contributed by atoms with Crippen LogP contribution in [0, 0.1) is 12.8 Å². The van der Waals surface area contributed by atoms with Crippen LogP contribution in [-0.2, 0) is 11.3 Å². The van der Waals surface area contributed by atoms with Crippen LogP contribution < -0.4 is 0 Å². The van der Waals surface area contributed by atoms with Gasteiger partial charge in [0, 0.05) is 23.6 Å². The maximum Gasteiger partial charge on any atom is 0.303 e. The van der Waals surface area contributed by atoms with E-state index in [0.717, 1.165) is 49.4 Å². The summed E-state index contributed by atoms with van der Waals surface area (Å²) in [6.45, 7) is 4.52. The van der Waals surface area contributed by atoms with Crippen molar-refractivity contribution in [3.05, 3.63) is 40.9 Å². The number of aromatic nitrogens is 1. The normalized spacial score (nSPS) is 18.4. The van der Waals surface area contributed by atoms with E-state index in [-0.39, 0.29) is 6.42 Å². The molecule has 0 saturated carbocycles. The lowest BCUT2D eigenvalue weighted by molar-refractivity contribution is -0.137. The number of halogens is 1. The molecule has 1 fully saturated rings. The second-order valence-corrected chi connectivity index (χ2v) is 7.14. The molecular formula is C19H23ClN2O3. The molecule has 1 aromatic carbocycles. The first kappa shape index (κ1) is 18.0. The maximum absolute atomic E-state index is 10.8. The molecule has 0 radical (unpaired) electrons. The number of aryl methyl sites for hydroxylation is 1. The Kier molecular flexibility index (Phi) is 5.76. The van der Waals surface area contributed by atoms with E-state index in [9.17, 15) is 4.79 Å². The summed E-state index contributed by atoms with van der Waals surface area (Å²) in [5, 5.41) is 9.55. The van der Waals surface area contributed by atoms with Crippen molar-refractivity contribution in [3.8, 4) is 11.3 Å². The first-order valence-corrected chi connectivity index (χ1v) is 9.05. The molecule has 1 N–H and O–H groups in total. The fraction of sp³-hybridized carbons (Fsp3) is 0.474. The standard InChI is InChI=1S/C19H23ClN2O3/c1-13-19(15-5-7-16(20)8-6-15)25-17(21-13)12-22-10-2-3-14(11-22)4-9-18(23)24/h5-8,14H,2-4,9-12H2,1H3,(H,23,24). The number of carboxylic acid groups (broad SMARTS) is 1. The van der Waals surface area contributed by atoms with Gasteiger partial charge in [0.15, 0.2) is 5.76 Å². The van der Waals surface area contributed by atoms with Crippen molar-refractivity contribution in [2.24, 2.45) is 5.92 Å². The lowest BCUT2D eigenvalue weighted by Crippen LogP contribution is -2.35. The molecule has 1 aliphatic heterocycles. The van der Waals surface area contributed by atoms with Crippen molar-refractivity contribution >= 4 is 17.6 Å². The van der Waals surface area contributed by atoms with Crippen LogP contribution in [0.3, 0.4) is 0 Å². The van der Waals surface area contributed by atoms with E-state index >= 15 is 0 Å². The van der Waals surface area contributed by atoms with Crippen molar-refractivity contribution < 1.29 is 14.3 Å². The summed E-state index contributed by atoms with van der Waals surface area (Å²) in [6.07, 6.45) is 3.18. The zero-order chi connectivity index (χ0) is 17.8. The Balaban J connectivity index is 1.64. The van der Waals surface area contributed by atoms with Crippen LogP contribution in [0.1, 0.15) is 37.3 Å². The fourth-order valence-corrected chi connectivity index (χ4v) is 3.56. The van der Waals surface area contributed by atoms with Crippen LogP contribution in [0.2, 0.25) is 5.02 Å². The summed E-state index contributed by atoms with van der Waals surface area (Å²) in [6, 6.07) is 7.55. The highest BCUT2D eigenvalue weighted by Gasteiger charge is 2.22. The first-order chi connectivity index (χ1) is 12.0. The minimum absolute atomic E-state index is 0.247. The quantitative estimate of drug-likeness (QED) is 0.825. The highest BCUT2D eigenvalue weighted by Crippen LogP contribution is 2.27. The molecule has 0 amide bonds. The van der Waals surface area contributed by atoms with Crippen molar-refractivity contribution in [2.45, 2.75) is 39.2 Å². The number of carboxylic acids is 1. The van der Waals surface area contributed by atoms with Crippen LogP contribution >= 0.6 is 11.6 Å². The number of nitrogens with zero attached hydrogens (tertiary/aromatic N) is 2. The molecule has 3 rings (SSSR count). The number of oxazole rings is 1. The highest BCUT2D eigenvalue weighted by molar-refractivity contribution is 6.30. The minimum atomic E-state index is -0.715. The van der Waals surface area contributed by atoms with Crippen molar-refractivity contribution in [1.82, 2.24) is 9.88 Å². The first-order valence-electron chi connectivity index (χ1n) is 8.67. The minimum Gasteiger partial charge on any atom is -0.481 e. The van der Waals surface area contributed by atoms with E-state index < -0.39 is 5.97 Å². The zero-order valence-corrected chi connectivity index (χ0v) is 15.1. The van der Waals surface area contributed by atoms with Gasteiger partial charge in [0.1, 0.15) is 0 Å². The van der Waals surface area contributed by atoms with Gasteiger partial charge in [0.25, 0.3) is 0 Å². The van der Waals surface area contributed by atoms with Crippen LogP contribution in [-0.4, -0.2) is 34.0 Å². The average molecular weight is 363 g/mol. The highest BCUT2D eigenvalue weighted by atomic mass is 35.5. The SMILES string of the molecule is Cc1nc(CN2CCCC(CCC(=O)O)C2)oc1-c1ccc(Cl)cc1. The zero-order valence-electron chi connectivity index (χ0n) is 14.4. The van der Waals surface area contributed by atoms with Gasteiger partial charge < -0.3 is 9.52 Å². The summed E-state index contributed by atoms with van der Waals surface area (Å²) in [7, 11) is 0. The lowest BCUT2D eigenvalue weighted by atomic mass is 9.93. The molecule has 0 spiro atoms. The predicted octanol–water partition coefficient (Wildman–Crippen LogP) is 4.38. The van der Waals surface area contributed by atoms with E-state index in [1.54, 1.807) is 0 Å². The molecule has 2 heterocycles. The molecule has 1 saturated heterocycles. The number of hydrogen-bond donors (Lipinski definition) is 1.